The first-order valence-electron chi connectivity index (χ1n) is 9.30. The number of rotatable bonds is 4. The van der Waals surface area contributed by atoms with Crippen LogP contribution in [-0.4, -0.2) is 71.5 Å². The Morgan fingerprint density at radius 3 is 2.85 bits per heavy atom. The van der Waals surface area contributed by atoms with Gasteiger partial charge in [0.2, 0.25) is 5.91 Å². The number of carbonyl (C=O) groups excluding carboxylic acids is 2. The average molecular weight is 360 g/mol. The van der Waals surface area contributed by atoms with Crippen LogP contribution in [0.4, 0.5) is 0 Å². The lowest BCUT2D eigenvalue weighted by Gasteiger charge is -2.48. The fraction of sp³-hybridized carbons (Fsp3) is 0.684. The maximum absolute atomic E-state index is 13.0. The van der Waals surface area contributed by atoms with Crippen molar-refractivity contribution in [3.8, 4) is 0 Å². The van der Waals surface area contributed by atoms with Crippen molar-refractivity contribution in [3.05, 3.63) is 23.3 Å². The van der Waals surface area contributed by atoms with Crippen LogP contribution in [0.3, 0.4) is 0 Å². The summed E-state index contributed by atoms with van der Waals surface area (Å²) in [7, 11) is 1.65. The zero-order chi connectivity index (χ0) is 18.7. The molecule has 2 aliphatic rings. The first kappa shape index (κ1) is 18.8. The zero-order valence-electron chi connectivity index (χ0n) is 16.0. The molecule has 3 heterocycles. The van der Waals surface area contributed by atoms with Gasteiger partial charge >= 0.3 is 0 Å². The third-order valence-electron chi connectivity index (χ3n) is 5.59. The zero-order valence-corrected chi connectivity index (χ0v) is 16.0. The molecule has 0 bridgehead atoms. The summed E-state index contributed by atoms with van der Waals surface area (Å²) in [5.74, 6) is 0.870. The second kappa shape index (κ2) is 7.70. The second-order valence-electron chi connectivity index (χ2n) is 7.55. The molecule has 0 aromatic carbocycles. The van der Waals surface area contributed by atoms with Crippen LogP contribution >= 0.6 is 0 Å². The smallest absolute Gasteiger partial charge is 0.257 e. The molecule has 0 N–H and O–H groups in total. The molecule has 0 saturated carbocycles. The highest BCUT2D eigenvalue weighted by Crippen LogP contribution is 2.39. The van der Waals surface area contributed by atoms with Gasteiger partial charge in [-0.3, -0.25) is 9.59 Å². The summed E-state index contributed by atoms with van der Waals surface area (Å²) in [6, 6.07) is 0. The molecule has 142 valence electrons. The van der Waals surface area contributed by atoms with Crippen LogP contribution in [0.25, 0.3) is 0 Å². The van der Waals surface area contributed by atoms with Crippen LogP contribution in [0.15, 0.2) is 6.20 Å². The summed E-state index contributed by atoms with van der Waals surface area (Å²) < 4.78 is 5.14. The number of hydrogen-bond acceptors (Lipinski definition) is 5. The number of hydrogen-bond donors (Lipinski definition) is 0. The van der Waals surface area contributed by atoms with Gasteiger partial charge in [-0.05, 0) is 33.1 Å². The highest BCUT2D eigenvalue weighted by atomic mass is 16.5. The van der Waals surface area contributed by atoms with E-state index in [4.69, 9.17) is 4.74 Å². The van der Waals surface area contributed by atoms with Crippen molar-refractivity contribution in [2.75, 3.05) is 39.9 Å². The fourth-order valence-electron chi connectivity index (χ4n) is 4.19. The van der Waals surface area contributed by atoms with Gasteiger partial charge in [0, 0.05) is 51.3 Å². The Morgan fingerprint density at radius 1 is 1.31 bits per heavy atom. The van der Waals surface area contributed by atoms with Gasteiger partial charge in [-0.15, -0.1) is 0 Å². The Kier molecular flexibility index (Phi) is 5.55. The van der Waals surface area contributed by atoms with E-state index in [1.807, 2.05) is 23.6 Å². The first-order valence-corrected chi connectivity index (χ1v) is 9.30. The van der Waals surface area contributed by atoms with Crippen LogP contribution in [0, 0.1) is 19.3 Å². The molecule has 0 unspecified atom stereocenters. The summed E-state index contributed by atoms with van der Waals surface area (Å²) in [6.07, 6.45) is 5.05. The van der Waals surface area contributed by atoms with E-state index in [9.17, 15) is 9.59 Å². The molecular formula is C19H28N4O3. The van der Waals surface area contributed by atoms with E-state index in [0.717, 1.165) is 31.5 Å². The van der Waals surface area contributed by atoms with E-state index in [1.165, 1.54) is 0 Å². The molecule has 3 rings (SSSR count). The molecule has 1 aromatic rings. The lowest BCUT2D eigenvalue weighted by Crippen LogP contribution is -2.55. The molecule has 26 heavy (non-hydrogen) atoms. The van der Waals surface area contributed by atoms with E-state index in [2.05, 4.69) is 9.97 Å². The quantitative estimate of drug-likeness (QED) is 0.815. The normalized spacial score (nSPS) is 23.6. The largest absolute Gasteiger partial charge is 0.383 e. The number of aromatic nitrogens is 2. The molecule has 1 atom stereocenters. The Labute approximate surface area is 154 Å². The van der Waals surface area contributed by atoms with E-state index in [-0.39, 0.29) is 17.2 Å². The highest BCUT2D eigenvalue weighted by Gasteiger charge is 2.42. The third-order valence-corrected chi connectivity index (χ3v) is 5.59. The lowest BCUT2D eigenvalue weighted by molar-refractivity contribution is -0.139. The van der Waals surface area contributed by atoms with Crippen LogP contribution in [0.2, 0.25) is 0 Å². The van der Waals surface area contributed by atoms with Crippen LogP contribution < -0.4 is 0 Å². The molecule has 2 saturated heterocycles. The third kappa shape index (κ3) is 3.87. The van der Waals surface area contributed by atoms with Gasteiger partial charge in [-0.2, -0.15) is 0 Å². The van der Waals surface area contributed by atoms with Crippen LogP contribution in [-0.2, 0) is 9.53 Å². The predicted octanol–water partition coefficient (Wildman–Crippen LogP) is 1.58. The molecule has 1 aromatic heterocycles. The van der Waals surface area contributed by atoms with Crippen molar-refractivity contribution < 1.29 is 14.3 Å². The number of ether oxygens (including phenoxy) is 1. The van der Waals surface area contributed by atoms with Crippen LogP contribution in [0.5, 0.6) is 0 Å². The maximum Gasteiger partial charge on any atom is 0.257 e. The van der Waals surface area contributed by atoms with Gasteiger partial charge < -0.3 is 14.5 Å². The van der Waals surface area contributed by atoms with Gasteiger partial charge in [-0.25, -0.2) is 9.97 Å². The van der Waals surface area contributed by atoms with Crippen molar-refractivity contribution >= 4 is 11.8 Å². The van der Waals surface area contributed by atoms with E-state index in [1.54, 1.807) is 13.3 Å². The topological polar surface area (TPSA) is 75.6 Å². The fourth-order valence-corrected chi connectivity index (χ4v) is 4.19. The van der Waals surface area contributed by atoms with Gasteiger partial charge in [0.25, 0.3) is 5.91 Å². The summed E-state index contributed by atoms with van der Waals surface area (Å²) in [6.45, 7) is 7.00. The van der Waals surface area contributed by atoms with Crippen molar-refractivity contribution in [3.63, 3.8) is 0 Å². The van der Waals surface area contributed by atoms with Gasteiger partial charge in [-0.1, -0.05) is 0 Å². The number of nitrogens with zero attached hydrogens (tertiary/aromatic N) is 4. The number of methoxy groups -OCH3 is 1. The summed E-state index contributed by atoms with van der Waals surface area (Å²) >= 11 is 0. The van der Waals surface area contributed by atoms with E-state index in [0.29, 0.717) is 44.0 Å². The number of aryl methyl sites for hydroxylation is 2. The SMILES string of the molecule is COCCN1C[C@@]2(CCCN(C(=O)c3cnc(C)nc3C)C2)CCC1=O. The minimum absolute atomic E-state index is 0.00177. The summed E-state index contributed by atoms with van der Waals surface area (Å²) in [4.78, 5) is 37.6. The monoisotopic (exact) mass is 360 g/mol. The van der Waals surface area contributed by atoms with Crippen molar-refractivity contribution in [1.29, 1.82) is 0 Å². The molecule has 2 fully saturated rings. The standard InChI is InChI=1S/C19H28N4O3/c1-14-16(11-20-15(2)21-14)18(25)23-8-4-6-19(13-23)7-5-17(24)22(12-19)9-10-26-3/h11H,4-10,12-13H2,1-3H3/t19-/m1/s1. The number of carbonyl (C=O) groups is 2. The van der Waals surface area contributed by atoms with E-state index < -0.39 is 0 Å². The molecule has 7 heteroatoms. The molecule has 1 spiro atoms. The van der Waals surface area contributed by atoms with Crippen molar-refractivity contribution in [2.24, 2.45) is 5.41 Å². The number of amides is 2. The Bertz CT molecular complexity index is 693. The highest BCUT2D eigenvalue weighted by molar-refractivity contribution is 5.95. The maximum atomic E-state index is 13.0. The molecule has 7 nitrogen and oxygen atoms in total. The van der Waals surface area contributed by atoms with Crippen molar-refractivity contribution in [2.45, 2.75) is 39.5 Å². The first-order chi connectivity index (χ1) is 12.4. The van der Waals surface area contributed by atoms with Gasteiger partial charge in [0.1, 0.15) is 5.82 Å². The minimum Gasteiger partial charge on any atom is -0.383 e. The average Bonchev–Trinajstić information content (AvgIpc) is 2.62. The summed E-state index contributed by atoms with van der Waals surface area (Å²) in [5, 5.41) is 0. The lowest BCUT2D eigenvalue weighted by atomic mass is 9.73. The Hall–Kier alpha value is -2.02. The number of piperidine rings is 2. The molecular weight excluding hydrogens is 332 g/mol. The molecule has 2 aliphatic heterocycles. The van der Waals surface area contributed by atoms with E-state index >= 15 is 0 Å². The molecule has 2 amide bonds. The minimum atomic E-state index is -0.00494. The number of likely N-dealkylation sites (tertiary alicyclic amines) is 2. The van der Waals surface area contributed by atoms with Crippen molar-refractivity contribution in [1.82, 2.24) is 19.8 Å². The Morgan fingerprint density at radius 2 is 2.12 bits per heavy atom. The van der Waals surface area contributed by atoms with Gasteiger partial charge in [0.05, 0.1) is 17.9 Å². The molecule has 0 aliphatic carbocycles. The predicted molar refractivity (Wildman–Crippen MR) is 96.8 cm³/mol. The second-order valence-corrected chi connectivity index (χ2v) is 7.55. The Balaban J connectivity index is 1.74. The van der Waals surface area contributed by atoms with Gasteiger partial charge in [0.15, 0.2) is 0 Å². The molecule has 0 radical (unpaired) electrons. The summed E-state index contributed by atoms with van der Waals surface area (Å²) in [5.41, 5.74) is 1.30. The van der Waals surface area contributed by atoms with Crippen LogP contribution in [0.1, 0.15) is 47.6 Å².